The van der Waals surface area contributed by atoms with Gasteiger partial charge in [0.2, 0.25) is 0 Å². The third-order valence-corrected chi connectivity index (χ3v) is 16.5. The Morgan fingerprint density at radius 2 is 0.620 bits per heavy atom. The van der Waals surface area contributed by atoms with E-state index in [0.29, 0.717) is 0 Å². The summed E-state index contributed by atoms with van der Waals surface area (Å²) in [5.41, 5.74) is 17.8. The SMILES string of the molecule is c1ccc(N(c2cc3c(c4c2oc2ccccc24)-c2c(cc(N(c4ccccc4)c4cccc5oc6ccccc6c45)c4c2oc2ccccc24)C3(c2ccccc2)c2ccccc2)c2cccc3oc4ccccc4c23)cc1. The number of benzene rings is 12. The van der Waals surface area contributed by atoms with Crippen LogP contribution in [0.4, 0.5) is 34.1 Å². The average molecular weight is 1010 g/mol. The summed E-state index contributed by atoms with van der Waals surface area (Å²) in [5.74, 6) is 0. The summed E-state index contributed by atoms with van der Waals surface area (Å²) in [6, 6.07) is 94.9. The summed E-state index contributed by atoms with van der Waals surface area (Å²) in [6.45, 7) is 0. The highest BCUT2D eigenvalue weighted by atomic mass is 16.3. The number of fused-ring (bicyclic) bond motifs is 17. The molecule has 370 valence electrons. The maximum Gasteiger partial charge on any atom is 0.160 e. The fourth-order valence-electron chi connectivity index (χ4n) is 13.4. The molecule has 0 aliphatic heterocycles. The van der Waals surface area contributed by atoms with Crippen LogP contribution in [0.15, 0.2) is 285 Å². The largest absolute Gasteiger partial charge is 0.456 e. The quantitative estimate of drug-likeness (QED) is 0.151. The monoisotopic (exact) mass is 1010 g/mol. The Balaban J connectivity index is 1.09. The molecular weight excluding hydrogens is 969 g/mol. The minimum atomic E-state index is -0.941. The molecule has 0 radical (unpaired) electrons. The number of rotatable bonds is 8. The van der Waals surface area contributed by atoms with Gasteiger partial charge in [0, 0.05) is 49.4 Å². The maximum atomic E-state index is 7.56. The molecule has 0 N–H and O–H groups in total. The minimum Gasteiger partial charge on any atom is -0.456 e. The molecule has 4 heterocycles. The summed E-state index contributed by atoms with van der Waals surface area (Å²) < 4.78 is 28.3. The predicted molar refractivity (Wildman–Crippen MR) is 322 cm³/mol. The van der Waals surface area contributed by atoms with Gasteiger partial charge in [0.25, 0.3) is 0 Å². The van der Waals surface area contributed by atoms with Crippen molar-refractivity contribution in [2.75, 3.05) is 9.80 Å². The lowest BCUT2D eigenvalue weighted by atomic mass is 9.67. The van der Waals surface area contributed by atoms with Crippen molar-refractivity contribution < 1.29 is 17.7 Å². The normalized spacial score (nSPS) is 12.9. The van der Waals surface area contributed by atoms with Crippen molar-refractivity contribution in [1.29, 1.82) is 0 Å². The number of para-hydroxylation sites is 6. The molecule has 1 aliphatic rings. The van der Waals surface area contributed by atoms with E-state index in [1.807, 2.05) is 18.2 Å². The Hall–Kier alpha value is -10.6. The second kappa shape index (κ2) is 16.7. The van der Waals surface area contributed by atoms with Crippen LogP contribution in [0, 0.1) is 0 Å². The molecule has 0 unspecified atom stereocenters. The lowest BCUT2D eigenvalue weighted by molar-refractivity contribution is 0.667. The van der Waals surface area contributed by atoms with Crippen molar-refractivity contribution in [2.24, 2.45) is 0 Å². The zero-order chi connectivity index (χ0) is 51.8. The highest BCUT2D eigenvalue weighted by Gasteiger charge is 2.50. The summed E-state index contributed by atoms with van der Waals surface area (Å²) in [6.07, 6.45) is 0. The van der Waals surface area contributed by atoms with Crippen LogP contribution in [0.25, 0.3) is 98.9 Å². The number of hydrogen-bond donors (Lipinski definition) is 0. The third kappa shape index (κ3) is 6.11. The molecule has 0 atom stereocenters. The van der Waals surface area contributed by atoms with Gasteiger partial charge in [-0.15, -0.1) is 0 Å². The van der Waals surface area contributed by atoms with Gasteiger partial charge in [0.05, 0.1) is 44.3 Å². The fraction of sp³-hybridized carbons (Fsp3) is 0.0137. The molecule has 0 saturated carbocycles. The van der Waals surface area contributed by atoms with Crippen molar-refractivity contribution >= 4 is 122 Å². The Morgan fingerprint density at radius 3 is 1.13 bits per heavy atom. The standard InChI is InChI=1S/C73H44N2O4/c1-5-23-45(24-6-1)73(46-25-7-2-8-26-46)53-44-58(75(48-29-11-4-12-30-48)56-36-22-42-64-66(56)50-32-14-18-38-60(50)77-64)71-68(52-34-16-20-40-62(52)78-71)69(53)70-54(73)43-57(67-51-33-15-19-39-61(51)79-72(67)70)74(47-27-9-3-10-28-47)55-35-21-41-63-65(55)49-31-13-17-37-59(49)76-63/h1-44H. The minimum absolute atomic E-state index is 0.759. The van der Waals surface area contributed by atoms with E-state index in [9.17, 15) is 0 Å². The van der Waals surface area contributed by atoms with E-state index in [0.717, 1.165) is 155 Å². The van der Waals surface area contributed by atoms with Crippen LogP contribution in [-0.2, 0) is 5.41 Å². The van der Waals surface area contributed by atoms with Crippen LogP contribution in [-0.4, -0.2) is 0 Å². The van der Waals surface area contributed by atoms with Crippen molar-refractivity contribution in [1.82, 2.24) is 0 Å². The number of furan rings is 4. The number of anilines is 6. The van der Waals surface area contributed by atoms with E-state index in [1.54, 1.807) is 0 Å². The number of hydrogen-bond acceptors (Lipinski definition) is 6. The van der Waals surface area contributed by atoms with Gasteiger partial charge in [-0.1, -0.05) is 182 Å². The molecule has 16 aromatic rings. The lowest BCUT2D eigenvalue weighted by Crippen LogP contribution is -2.29. The van der Waals surface area contributed by atoms with Gasteiger partial charge >= 0.3 is 0 Å². The highest BCUT2D eigenvalue weighted by Crippen LogP contribution is 2.65. The van der Waals surface area contributed by atoms with Gasteiger partial charge in [0.1, 0.15) is 39.1 Å². The second-order valence-electron chi connectivity index (χ2n) is 20.6. The van der Waals surface area contributed by atoms with Gasteiger partial charge in [-0.2, -0.15) is 0 Å². The molecule has 0 spiro atoms. The Labute approximate surface area is 452 Å². The molecule has 17 rings (SSSR count). The molecule has 6 nitrogen and oxygen atoms in total. The summed E-state index contributed by atoms with van der Waals surface area (Å²) in [4.78, 5) is 4.81. The average Bonchev–Trinajstić information content (AvgIpc) is 2.67. The Morgan fingerprint density at radius 1 is 0.253 bits per heavy atom. The smallest absolute Gasteiger partial charge is 0.160 e. The van der Waals surface area contributed by atoms with Crippen molar-refractivity contribution in [2.45, 2.75) is 5.41 Å². The van der Waals surface area contributed by atoms with E-state index in [4.69, 9.17) is 17.7 Å². The molecule has 4 aromatic heterocycles. The van der Waals surface area contributed by atoms with Crippen LogP contribution in [0.1, 0.15) is 22.3 Å². The molecule has 0 bridgehead atoms. The zero-order valence-corrected chi connectivity index (χ0v) is 42.4. The summed E-state index contributed by atoms with van der Waals surface area (Å²) in [7, 11) is 0. The van der Waals surface area contributed by atoms with Crippen molar-refractivity contribution in [3.05, 3.63) is 289 Å². The van der Waals surface area contributed by atoms with E-state index in [-0.39, 0.29) is 0 Å². The van der Waals surface area contributed by atoms with E-state index >= 15 is 0 Å². The van der Waals surface area contributed by atoms with E-state index < -0.39 is 5.41 Å². The second-order valence-corrected chi connectivity index (χ2v) is 20.6. The van der Waals surface area contributed by atoms with Crippen LogP contribution in [0.2, 0.25) is 0 Å². The molecule has 1 aliphatic carbocycles. The van der Waals surface area contributed by atoms with Crippen LogP contribution >= 0.6 is 0 Å². The van der Waals surface area contributed by atoms with Gasteiger partial charge in [-0.3, -0.25) is 0 Å². The van der Waals surface area contributed by atoms with Gasteiger partial charge < -0.3 is 27.5 Å². The first-order valence-corrected chi connectivity index (χ1v) is 26.8. The lowest BCUT2D eigenvalue weighted by Gasteiger charge is -2.36. The highest BCUT2D eigenvalue weighted by molar-refractivity contribution is 6.27. The Bertz CT molecular complexity index is 5050. The van der Waals surface area contributed by atoms with Crippen molar-refractivity contribution in [3.63, 3.8) is 0 Å². The van der Waals surface area contributed by atoms with Gasteiger partial charge in [0.15, 0.2) is 5.58 Å². The Kier molecular flexibility index (Phi) is 9.24. The van der Waals surface area contributed by atoms with E-state index in [1.165, 1.54) is 0 Å². The third-order valence-electron chi connectivity index (χ3n) is 16.5. The zero-order valence-electron chi connectivity index (χ0n) is 42.4. The first kappa shape index (κ1) is 43.7. The number of nitrogens with zero attached hydrogens (tertiary/aromatic N) is 2. The molecule has 79 heavy (non-hydrogen) atoms. The molecule has 0 saturated heterocycles. The van der Waals surface area contributed by atoms with Gasteiger partial charge in [-0.05, 0) is 107 Å². The summed E-state index contributed by atoms with van der Waals surface area (Å²) >= 11 is 0. The first-order chi connectivity index (χ1) is 39.2. The molecule has 6 heteroatoms. The topological polar surface area (TPSA) is 59.0 Å². The summed E-state index contributed by atoms with van der Waals surface area (Å²) in [5, 5.41) is 8.16. The van der Waals surface area contributed by atoms with Gasteiger partial charge in [-0.25, -0.2) is 0 Å². The van der Waals surface area contributed by atoms with Crippen LogP contribution in [0.3, 0.4) is 0 Å². The van der Waals surface area contributed by atoms with Crippen LogP contribution < -0.4 is 9.80 Å². The molecular formula is C73H44N2O4. The predicted octanol–water partition coefficient (Wildman–Crippen LogP) is 20.6. The van der Waals surface area contributed by atoms with Crippen molar-refractivity contribution in [3.8, 4) is 11.1 Å². The van der Waals surface area contributed by atoms with E-state index in [2.05, 4.69) is 259 Å². The molecule has 0 amide bonds. The first-order valence-electron chi connectivity index (χ1n) is 26.8. The molecule has 0 fully saturated rings. The molecule has 12 aromatic carbocycles. The van der Waals surface area contributed by atoms with Crippen LogP contribution in [0.5, 0.6) is 0 Å². The fourth-order valence-corrected chi connectivity index (χ4v) is 13.4. The maximum absolute atomic E-state index is 7.56.